The summed E-state index contributed by atoms with van der Waals surface area (Å²) < 4.78 is 33.1. The van der Waals surface area contributed by atoms with E-state index in [9.17, 15) is 24.0 Å². The lowest BCUT2D eigenvalue weighted by Crippen LogP contribution is -2.67. The molecule has 1 aliphatic heterocycles. The summed E-state index contributed by atoms with van der Waals surface area (Å²) in [4.78, 5) is 58.9. The average Bonchev–Trinajstić information content (AvgIpc) is 2.75. The number of hydrogen-bond donors (Lipinski definition) is 1. The second-order valence-corrected chi connectivity index (χ2v) is 7.76. The summed E-state index contributed by atoms with van der Waals surface area (Å²) in [5, 5.41) is 2.60. The molecule has 1 fully saturated rings. The molecule has 0 unspecified atom stereocenters. The first-order chi connectivity index (χ1) is 16.4. The molecule has 192 valence electrons. The first-order valence-electron chi connectivity index (χ1n) is 10.7. The number of carbonyl (C=O) groups is 5. The molecule has 0 saturated carbocycles. The number of amides is 1. The van der Waals surface area contributed by atoms with Gasteiger partial charge in [0.05, 0.1) is 7.11 Å². The van der Waals surface area contributed by atoms with E-state index in [1.807, 2.05) is 0 Å². The SMILES string of the molecule is COc1cc(C(C)=O)ccc1O[C@@H]1O[C@H](COC(C)=O)[C@H](OC(C)=O)[C@H](OC(C)=O)[C@@H]1NC(C)=O. The van der Waals surface area contributed by atoms with Crippen LogP contribution in [-0.2, 0) is 38.1 Å². The van der Waals surface area contributed by atoms with Crippen molar-refractivity contribution in [3.8, 4) is 11.5 Å². The molecule has 0 aliphatic carbocycles. The maximum Gasteiger partial charge on any atom is 0.303 e. The molecule has 5 atom stereocenters. The number of Topliss-reactive ketones (excluding diaryl/α,β-unsaturated/α-hetero) is 1. The Morgan fingerprint density at radius 1 is 0.886 bits per heavy atom. The molecule has 1 heterocycles. The van der Waals surface area contributed by atoms with Gasteiger partial charge in [-0.3, -0.25) is 24.0 Å². The fourth-order valence-corrected chi connectivity index (χ4v) is 3.50. The molecule has 12 heteroatoms. The molecule has 35 heavy (non-hydrogen) atoms. The Labute approximate surface area is 202 Å². The van der Waals surface area contributed by atoms with Crippen LogP contribution in [0.15, 0.2) is 18.2 Å². The Morgan fingerprint density at radius 3 is 2.03 bits per heavy atom. The first-order valence-corrected chi connectivity index (χ1v) is 10.7. The van der Waals surface area contributed by atoms with Gasteiger partial charge in [0.25, 0.3) is 0 Å². The highest BCUT2D eigenvalue weighted by Gasteiger charge is 2.52. The monoisotopic (exact) mass is 495 g/mol. The van der Waals surface area contributed by atoms with Gasteiger partial charge in [0, 0.05) is 33.3 Å². The van der Waals surface area contributed by atoms with Gasteiger partial charge >= 0.3 is 17.9 Å². The number of methoxy groups -OCH3 is 1. The summed E-state index contributed by atoms with van der Waals surface area (Å²) >= 11 is 0. The fraction of sp³-hybridized carbons (Fsp3) is 0.522. The quantitative estimate of drug-likeness (QED) is 0.296. The van der Waals surface area contributed by atoms with Gasteiger partial charge in [0.15, 0.2) is 29.5 Å². The van der Waals surface area contributed by atoms with Crippen LogP contribution in [0.1, 0.15) is 45.0 Å². The van der Waals surface area contributed by atoms with Crippen LogP contribution >= 0.6 is 0 Å². The molecule has 12 nitrogen and oxygen atoms in total. The Bertz CT molecular complexity index is 976. The largest absolute Gasteiger partial charge is 0.493 e. The maximum absolute atomic E-state index is 12.0. The predicted octanol–water partition coefficient (Wildman–Crippen LogP) is 0.933. The van der Waals surface area contributed by atoms with Crippen LogP contribution in [-0.4, -0.2) is 74.0 Å². The Hall–Kier alpha value is -3.67. The molecule has 1 N–H and O–H groups in total. The molecule has 1 aromatic carbocycles. The Morgan fingerprint density at radius 2 is 1.51 bits per heavy atom. The highest BCUT2D eigenvalue weighted by molar-refractivity contribution is 5.94. The van der Waals surface area contributed by atoms with Crippen LogP contribution in [0.2, 0.25) is 0 Å². The molecule has 2 rings (SSSR count). The number of benzene rings is 1. The van der Waals surface area contributed by atoms with Gasteiger partial charge in [0.2, 0.25) is 12.2 Å². The second-order valence-electron chi connectivity index (χ2n) is 7.76. The zero-order chi connectivity index (χ0) is 26.3. The normalized spacial score (nSPS) is 23.4. The van der Waals surface area contributed by atoms with Crippen molar-refractivity contribution in [2.75, 3.05) is 13.7 Å². The van der Waals surface area contributed by atoms with Crippen LogP contribution in [0.3, 0.4) is 0 Å². The standard InChI is InChI=1S/C23H29NO11/c1-11(25)16-7-8-17(18(9-16)30-6)34-23-20(24-12(2)26)22(33-15(5)29)21(32-14(4)28)19(35-23)10-31-13(3)27/h7-9,19-23H,10H2,1-6H3,(H,24,26)/t19-,20+,21+,22-,23-/m1/s1. The molecule has 1 aliphatic rings. The summed E-state index contributed by atoms with van der Waals surface area (Å²) in [6.07, 6.45) is -4.94. The van der Waals surface area contributed by atoms with Crippen LogP contribution in [0.25, 0.3) is 0 Å². The van der Waals surface area contributed by atoms with E-state index in [4.69, 9.17) is 28.4 Å². The van der Waals surface area contributed by atoms with Crippen molar-refractivity contribution in [2.24, 2.45) is 0 Å². The molecular weight excluding hydrogens is 466 g/mol. The fourth-order valence-electron chi connectivity index (χ4n) is 3.50. The van der Waals surface area contributed by atoms with Crippen molar-refractivity contribution in [3.05, 3.63) is 23.8 Å². The predicted molar refractivity (Wildman–Crippen MR) is 118 cm³/mol. The van der Waals surface area contributed by atoms with Gasteiger partial charge in [-0.1, -0.05) is 0 Å². The summed E-state index contributed by atoms with van der Waals surface area (Å²) in [7, 11) is 1.38. The average molecular weight is 495 g/mol. The third kappa shape index (κ3) is 7.67. The van der Waals surface area contributed by atoms with Gasteiger partial charge in [-0.25, -0.2) is 0 Å². The van der Waals surface area contributed by atoms with E-state index >= 15 is 0 Å². The summed E-state index contributed by atoms with van der Waals surface area (Å²) in [5.41, 5.74) is 0.373. The number of hydrogen-bond acceptors (Lipinski definition) is 11. The van der Waals surface area contributed by atoms with Crippen molar-refractivity contribution < 1.29 is 52.4 Å². The third-order valence-corrected chi connectivity index (χ3v) is 4.88. The van der Waals surface area contributed by atoms with Gasteiger partial charge in [-0.15, -0.1) is 0 Å². The summed E-state index contributed by atoms with van der Waals surface area (Å²) in [6.45, 7) is 5.73. The van der Waals surface area contributed by atoms with E-state index in [1.165, 1.54) is 46.1 Å². The number of esters is 3. The van der Waals surface area contributed by atoms with E-state index in [0.717, 1.165) is 13.8 Å². The topological polar surface area (TPSA) is 153 Å². The van der Waals surface area contributed by atoms with Crippen LogP contribution in [0.4, 0.5) is 0 Å². The zero-order valence-electron chi connectivity index (χ0n) is 20.3. The van der Waals surface area contributed by atoms with Gasteiger partial charge in [-0.2, -0.15) is 0 Å². The second kappa shape index (κ2) is 12.2. The van der Waals surface area contributed by atoms with Crippen molar-refractivity contribution >= 4 is 29.6 Å². The van der Waals surface area contributed by atoms with Crippen molar-refractivity contribution in [3.63, 3.8) is 0 Å². The number of ether oxygens (including phenoxy) is 6. The molecular formula is C23H29NO11. The van der Waals surface area contributed by atoms with E-state index in [2.05, 4.69) is 5.32 Å². The Kier molecular flexibility index (Phi) is 9.58. The third-order valence-electron chi connectivity index (χ3n) is 4.88. The number of nitrogens with one attached hydrogen (secondary N) is 1. The molecule has 0 bridgehead atoms. The van der Waals surface area contributed by atoms with Crippen molar-refractivity contribution in [1.29, 1.82) is 0 Å². The lowest BCUT2D eigenvalue weighted by atomic mass is 9.96. The molecule has 1 aromatic rings. The minimum Gasteiger partial charge on any atom is -0.493 e. The highest BCUT2D eigenvalue weighted by Crippen LogP contribution is 2.33. The van der Waals surface area contributed by atoms with E-state index < -0.39 is 54.5 Å². The zero-order valence-corrected chi connectivity index (χ0v) is 20.3. The van der Waals surface area contributed by atoms with E-state index in [0.29, 0.717) is 5.56 Å². The number of ketones is 1. The van der Waals surface area contributed by atoms with Gasteiger partial charge in [-0.05, 0) is 25.1 Å². The minimum atomic E-state index is -1.31. The minimum absolute atomic E-state index is 0.150. The van der Waals surface area contributed by atoms with Crippen LogP contribution in [0, 0.1) is 0 Å². The first kappa shape index (κ1) is 27.6. The molecule has 0 radical (unpaired) electrons. The maximum atomic E-state index is 12.0. The smallest absolute Gasteiger partial charge is 0.303 e. The van der Waals surface area contributed by atoms with Gasteiger partial charge < -0.3 is 33.7 Å². The van der Waals surface area contributed by atoms with Gasteiger partial charge in [0.1, 0.15) is 18.8 Å². The van der Waals surface area contributed by atoms with Crippen molar-refractivity contribution in [1.82, 2.24) is 5.32 Å². The molecule has 1 amide bonds. The number of carbonyl (C=O) groups excluding carboxylic acids is 5. The number of rotatable bonds is 9. The van der Waals surface area contributed by atoms with E-state index in [-0.39, 0.29) is 23.9 Å². The molecule has 1 saturated heterocycles. The van der Waals surface area contributed by atoms with Crippen molar-refractivity contribution in [2.45, 2.75) is 65.3 Å². The van der Waals surface area contributed by atoms with E-state index in [1.54, 1.807) is 0 Å². The summed E-state index contributed by atoms with van der Waals surface area (Å²) in [6, 6.07) is 3.31. The lowest BCUT2D eigenvalue weighted by molar-refractivity contribution is -0.257. The molecule has 0 aromatic heterocycles. The highest BCUT2D eigenvalue weighted by atomic mass is 16.7. The van der Waals surface area contributed by atoms with Crippen LogP contribution in [0.5, 0.6) is 11.5 Å². The summed E-state index contributed by atoms with van der Waals surface area (Å²) in [5.74, 6) is -2.42. The molecule has 0 spiro atoms. The van der Waals surface area contributed by atoms with Crippen LogP contribution < -0.4 is 14.8 Å². The lowest BCUT2D eigenvalue weighted by Gasteiger charge is -2.44. The Balaban J connectivity index is 2.52.